The second-order valence-electron chi connectivity index (χ2n) is 1.60. The summed E-state index contributed by atoms with van der Waals surface area (Å²) in [6, 6.07) is 0. The zero-order valence-corrected chi connectivity index (χ0v) is 4.93. The lowest BCUT2D eigenvalue weighted by Crippen LogP contribution is -2.24. The van der Waals surface area contributed by atoms with Gasteiger partial charge in [-0.1, -0.05) is 6.08 Å². The van der Waals surface area contributed by atoms with Crippen LogP contribution in [0, 0.1) is 6.92 Å². The smallest absolute Gasteiger partial charge is 0.0665 e. The second kappa shape index (κ2) is 4.81. The lowest BCUT2D eigenvalue weighted by atomic mass is 10.4. The molecule has 47 valence electrons. The van der Waals surface area contributed by atoms with Crippen LogP contribution < -0.4 is 5.32 Å². The van der Waals surface area contributed by atoms with Gasteiger partial charge in [0.15, 0.2) is 0 Å². The molecule has 1 unspecified atom stereocenters. The van der Waals surface area contributed by atoms with Crippen molar-refractivity contribution in [3.8, 4) is 0 Å². The molecule has 0 aromatic rings. The molecular formula is C6H12NO. The first kappa shape index (κ1) is 7.66. The van der Waals surface area contributed by atoms with Crippen LogP contribution in [0.3, 0.4) is 0 Å². The first-order valence-corrected chi connectivity index (χ1v) is 2.60. The molecule has 0 spiro atoms. The molecule has 0 fully saturated rings. The number of nitrogens with one attached hydrogen (secondary N) is 1. The minimum absolute atomic E-state index is 0.505. The summed E-state index contributed by atoms with van der Waals surface area (Å²) >= 11 is 0. The Bertz CT molecular complexity index is 61.5. The van der Waals surface area contributed by atoms with Crippen molar-refractivity contribution in [2.24, 2.45) is 0 Å². The van der Waals surface area contributed by atoms with E-state index in [0.29, 0.717) is 6.54 Å². The molecule has 1 radical (unpaired) electrons. The summed E-state index contributed by atoms with van der Waals surface area (Å²) in [5.74, 6) is 0. The molecule has 2 N–H and O–H groups in total. The molecule has 0 heterocycles. The van der Waals surface area contributed by atoms with E-state index in [1.165, 1.54) is 0 Å². The van der Waals surface area contributed by atoms with Crippen LogP contribution in [0.4, 0.5) is 0 Å². The van der Waals surface area contributed by atoms with Gasteiger partial charge in [0.2, 0.25) is 0 Å². The zero-order chi connectivity index (χ0) is 6.41. The molecule has 2 heteroatoms. The van der Waals surface area contributed by atoms with Crippen LogP contribution in [0.1, 0.15) is 0 Å². The Balaban J connectivity index is 2.81. The lowest BCUT2D eigenvalue weighted by Gasteiger charge is -2.01. The average molecular weight is 114 g/mol. The van der Waals surface area contributed by atoms with Gasteiger partial charge < -0.3 is 10.4 Å². The third-order valence-electron chi connectivity index (χ3n) is 0.669. The second-order valence-corrected chi connectivity index (χ2v) is 1.60. The maximum Gasteiger partial charge on any atom is 0.0665 e. The third-order valence-corrected chi connectivity index (χ3v) is 0.669. The molecule has 0 bridgehead atoms. The van der Waals surface area contributed by atoms with Gasteiger partial charge in [-0.05, 0) is 6.92 Å². The normalized spacial score (nSPS) is 13.2. The van der Waals surface area contributed by atoms with E-state index in [9.17, 15) is 0 Å². The minimum atomic E-state index is -0.505. The van der Waals surface area contributed by atoms with Crippen LogP contribution in [0.25, 0.3) is 0 Å². The Morgan fingerprint density at radius 3 is 2.75 bits per heavy atom. The molecule has 0 amide bonds. The van der Waals surface area contributed by atoms with Gasteiger partial charge in [-0.2, -0.15) is 0 Å². The average Bonchev–Trinajstić information content (AvgIpc) is 1.66. The number of hydrogen-bond acceptors (Lipinski definition) is 2. The van der Waals surface area contributed by atoms with E-state index < -0.39 is 6.10 Å². The van der Waals surface area contributed by atoms with Gasteiger partial charge >= 0.3 is 0 Å². The van der Waals surface area contributed by atoms with E-state index in [4.69, 9.17) is 5.11 Å². The topological polar surface area (TPSA) is 32.3 Å². The summed E-state index contributed by atoms with van der Waals surface area (Å²) < 4.78 is 0. The summed E-state index contributed by atoms with van der Waals surface area (Å²) in [7, 11) is 0. The Morgan fingerprint density at radius 2 is 2.38 bits per heavy atom. The van der Waals surface area contributed by atoms with Crippen LogP contribution in [0.15, 0.2) is 12.7 Å². The highest BCUT2D eigenvalue weighted by Crippen LogP contribution is 1.71. The predicted molar refractivity (Wildman–Crippen MR) is 34.4 cm³/mol. The summed E-state index contributed by atoms with van der Waals surface area (Å²) in [4.78, 5) is 0. The largest absolute Gasteiger partial charge is 0.392 e. The molecule has 8 heavy (non-hydrogen) atoms. The standard InChI is InChI=1S/C6H12NO/c1-3-4-7-5-6(2)8/h3,6-8H,1-2,4-5H2. The first-order chi connectivity index (χ1) is 3.77. The minimum Gasteiger partial charge on any atom is -0.392 e. The van der Waals surface area contributed by atoms with Crippen LogP contribution in [0.5, 0.6) is 0 Å². The third kappa shape index (κ3) is 5.66. The van der Waals surface area contributed by atoms with Crippen molar-refractivity contribution in [2.75, 3.05) is 13.1 Å². The Morgan fingerprint density at radius 1 is 1.75 bits per heavy atom. The van der Waals surface area contributed by atoms with Crippen LogP contribution in [0.2, 0.25) is 0 Å². The van der Waals surface area contributed by atoms with E-state index >= 15 is 0 Å². The van der Waals surface area contributed by atoms with E-state index in [0.717, 1.165) is 6.54 Å². The van der Waals surface area contributed by atoms with E-state index in [1.807, 2.05) is 0 Å². The highest BCUT2D eigenvalue weighted by Gasteiger charge is 1.89. The van der Waals surface area contributed by atoms with Crippen LogP contribution in [-0.2, 0) is 0 Å². The first-order valence-electron chi connectivity index (χ1n) is 2.60. The van der Waals surface area contributed by atoms with Gasteiger partial charge in [0.1, 0.15) is 0 Å². The number of aliphatic hydroxyl groups excluding tert-OH is 1. The molecule has 0 saturated carbocycles. The Kier molecular flexibility index (Phi) is 4.61. The highest BCUT2D eigenvalue weighted by atomic mass is 16.3. The van der Waals surface area contributed by atoms with Crippen molar-refractivity contribution >= 4 is 0 Å². The van der Waals surface area contributed by atoms with Crippen molar-refractivity contribution < 1.29 is 5.11 Å². The lowest BCUT2D eigenvalue weighted by molar-refractivity contribution is 0.218. The molecule has 1 atom stereocenters. The summed E-state index contributed by atoms with van der Waals surface area (Å²) in [6.07, 6.45) is 1.23. The van der Waals surface area contributed by atoms with Gasteiger partial charge in [-0.3, -0.25) is 0 Å². The maximum absolute atomic E-state index is 8.57. The molecule has 0 aliphatic heterocycles. The molecular weight excluding hydrogens is 102 g/mol. The van der Waals surface area contributed by atoms with Crippen molar-refractivity contribution in [1.82, 2.24) is 5.32 Å². The molecule has 0 aromatic carbocycles. The van der Waals surface area contributed by atoms with Crippen molar-refractivity contribution in [3.63, 3.8) is 0 Å². The number of aliphatic hydroxyl groups is 1. The fourth-order valence-corrected chi connectivity index (χ4v) is 0.352. The summed E-state index contributed by atoms with van der Waals surface area (Å²) in [5.41, 5.74) is 0. The van der Waals surface area contributed by atoms with Gasteiger partial charge in [-0.15, -0.1) is 6.58 Å². The fourth-order valence-electron chi connectivity index (χ4n) is 0.352. The number of rotatable bonds is 4. The monoisotopic (exact) mass is 114 g/mol. The molecule has 0 aliphatic carbocycles. The Hall–Kier alpha value is -0.340. The van der Waals surface area contributed by atoms with Crippen molar-refractivity contribution in [2.45, 2.75) is 6.10 Å². The van der Waals surface area contributed by atoms with E-state index in [-0.39, 0.29) is 0 Å². The number of hydrogen-bond donors (Lipinski definition) is 2. The zero-order valence-electron chi connectivity index (χ0n) is 4.93. The van der Waals surface area contributed by atoms with Gasteiger partial charge in [0.05, 0.1) is 6.10 Å². The van der Waals surface area contributed by atoms with Gasteiger partial charge in [0.25, 0.3) is 0 Å². The van der Waals surface area contributed by atoms with E-state index in [1.54, 1.807) is 6.08 Å². The highest BCUT2D eigenvalue weighted by molar-refractivity contribution is 4.71. The maximum atomic E-state index is 8.57. The summed E-state index contributed by atoms with van der Waals surface area (Å²) in [5, 5.41) is 11.5. The van der Waals surface area contributed by atoms with Gasteiger partial charge in [-0.25, -0.2) is 0 Å². The predicted octanol–water partition coefficient (Wildman–Crippen LogP) is -0.0430. The van der Waals surface area contributed by atoms with Crippen molar-refractivity contribution in [1.29, 1.82) is 0 Å². The van der Waals surface area contributed by atoms with Crippen molar-refractivity contribution in [3.05, 3.63) is 19.6 Å². The SMILES string of the molecule is [CH2]C(O)CNCC=C. The summed E-state index contributed by atoms with van der Waals surface area (Å²) in [6.45, 7) is 8.12. The molecule has 2 nitrogen and oxygen atoms in total. The quantitative estimate of drug-likeness (QED) is 0.397. The molecule has 0 aromatic heterocycles. The van der Waals surface area contributed by atoms with Crippen LogP contribution >= 0.6 is 0 Å². The van der Waals surface area contributed by atoms with E-state index in [2.05, 4.69) is 18.8 Å². The van der Waals surface area contributed by atoms with Gasteiger partial charge in [0, 0.05) is 13.1 Å². The molecule has 0 rings (SSSR count). The Labute approximate surface area is 50.2 Å². The molecule has 0 aliphatic rings. The fraction of sp³-hybridized carbons (Fsp3) is 0.500. The molecule has 0 saturated heterocycles. The van der Waals surface area contributed by atoms with Crippen LogP contribution in [-0.4, -0.2) is 24.3 Å².